The van der Waals surface area contributed by atoms with Gasteiger partial charge < -0.3 is 9.80 Å². The first-order chi connectivity index (χ1) is 13.8. The van der Waals surface area contributed by atoms with Gasteiger partial charge in [-0.05, 0) is 24.1 Å². The van der Waals surface area contributed by atoms with Gasteiger partial charge in [-0.3, -0.25) is 24.5 Å². The fraction of sp³-hybridized carbons (Fsp3) is 0.368. The molecule has 0 aliphatic carbocycles. The first-order valence-electron chi connectivity index (χ1n) is 9.24. The average molecular weight is 396 g/mol. The van der Waals surface area contributed by atoms with E-state index in [1.807, 2.05) is 12.1 Å². The van der Waals surface area contributed by atoms with Gasteiger partial charge in [0.1, 0.15) is 11.7 Å². The van der Waals surface area contributed by atoms with Gasteiger partial charge in [0.2, 0.25) is 17.7 Å². The van der Waals surface area contributed by atoms with Crippen LogP contribution in [0, 0.1) is 0 Å². The van der Waals surface area contributed by atoms with E-state index in [2.05, 4.69) is 15.6 Å². The second-order valence-electron chi connectivity index (χ2n) is 7.27. The highest BCUT2D eigenvalue weighted by Gasteiger charge is 2.39. The van der Waals surface area contributed by atoms with E-state index >= 15 is 0 Å². The van der Waals surface area contributed by atoms with Crippen molar-refractivity contribution in [3.05, 3.63) is 41.2 Å². The van der Waals surface area contributed by atoms with Crippen molar-refractivity contribution >= 4 is 23.6 Å². The smallest absolute Gasteiger partial charge is 0.255 e. The van der Waals surface area contributed by atoms with Crippen molar-refractivity contribution in [3.63, 3.8) is 0 Å². The molecule has 1 unspecified atom stereocenters. The Morgan fingerprint density at radius 1 is 1.31 bits per heavy atom. The van der Waals surface area contributed by atoms with Crippen molar-refractivity contribution in [2.45, 2.75) is 38.9 Å². The van der Waals surface area contributed by atoms with Crippen molar-refractivity contribution in [1.29, 1.82) is 0 Å². The number of imide groups is 1. The minimum atomic E-state index is -0.642. The summed E-state index contributed by atoms with van der Waals surface area (Å²) in [4.78, 5) is 50.8. The van der Waals surface area contributed by atoms with E-state index in [9.17, 15) is 19.2 Å². The SMILES string of the molecule is CC(=O)N(C)Cc1cn(-c2ccc3c(c2)C(=O)N(C2CCC(=O)NC2=O)C3)nn1. The van der Waals surface area contributed by atoms with E-state index in [1.54, 1.807) is 24.0 Å². The maximum atomic E-state index is 12.9. The number of amides is 4. The predicted octanol–water partition coefficient (Wildman–Crippen LogP) is 0.00660. The fourth-order valence-corrected chi connectivity index (χ4v) is 3.54. The fourth-order valence-electron chi connectivity index (χ4n) is 3.54. The summed E-state index contributed by atoms with van der Waals surface area (Å²) in [5.74, 6) is -1.06. The summed E-state index contributed by atoms with van der Waals surface area (Å²) in [5.41, 5.74) is 2.61. The molecule has 0 spiro atoms. The lowest BCUT2D eigenvalue weighted by Crippen LogP contribution is -2.52. The quantitative estimate of drug-likeness (QED) is 0.728. The summed E-state index contributed by atoms with van der Waals surface area (Å²) in [7, 11) is 1.68. The first-order valence-corrected chi connectivity index (χ1v) is 9.24. The Hall–Kier alpha value is -3.56. The first kappa shape index (κ1) is 18.8. The van der Waals surface area contributed by atoms with Crippen LogP contribution in [0.15, 0.2) is 24.4 Å². The van der Waals surface area contributed by atoms with Gasteiger partial charge in [0.25, 0.3) is 5.91 Å². The number of carbonyl (C=O) groups excluding carboxylic acids is 4. The summed E-state index contributed by atoms with van der Waals surface area (Å²) in [6.45, 7) is 2.14. The Labute approximate surface area is 166 Å². The third kappa shape index (κ3) is 3.48. The molecule has 4 rings (SSSR count). The number of benzene rings is 1. The standard InChI is InChI=1S/C19H20N6O4/c1-11(26)23(2)9-13-10-25(22-21-13)14-4-3-12-8-24(19(29)15(12)7-14)16-5-6-17(27)20-18(16)28/h3-4,7,10,16H,5-6,8-9H2,1-2H3,(H,20,27,28). The van der Waals surface area contributed by atoms with Crippen molar-refractivity contribution in [3.8, 4) is 5.69 Å². The van der Waals surface area contributed by atoms with Crippen LogP contribution >= 0.6 is 0 Å². The molecule has 2 aliphatic heterocycles. The maximum absolute atomic E-state index is 12.9. The second kappa shape index (κ2) is 7.12. The Morgan fingerprint density at radius 3 is 2.83 bits per heavy atom. The molecule has 0 radical (unpaired) electrons. The minimum Gasteiger partial charge on any atom is -0.340 e. The van der Waals surface area contributed by atoms with Crippen LogP contribution in [0.25, 0.3) is 5.69 Å². The predicted molar refractivity (Wildman–Crippen MR) is 99.6 cm³/mol. The van der Waals surface area contributed by atoms with Crippen LogP contribution in [0.2, 0.25) is 0 Å². The molecule has 0 saturated carbocycles. The average Bonchev–Trinajstić information content (AvgIpc) is 3.26. The zero-order valence-corrected chi connectivity index (χ0v) is 16.1. The Bertz CT molecular complexity index is 1030. The molecule has 1 fully saturated rings. The molecule has 10 heteroatoms. The molecule has 4 amide bonds. The number of nitrogens with zero attached hydrogens (tertiary/aromatic N) is 5. The molecular formula is C19H20N6O4. The molecule has 150 valence electrons. The number of aromatic nitrogens is 3. The van der Waals surface area contributed by atoms with Gasteiger partial charge in [-0.25, -0.2) is 4.68 Å². The third-order valence-electron chi connectivity index (χ3n) is 5.25. The van der Waals surface area contributed by atoms with E-state index in [0.717, 1.165) is 5.56 Å². The number of fused-ring (bicyclic) bond motifs is 1. The highest BCUT2D eigenvalue weighted by Crippen LogP contribution is 2.29. The third-order valence-corrected chi connectivity index (χ3v) is 5.25. The molecule has 1 N–H and O–H groups in total. The van der Waals surface area contributed by atoms with E-state index in [-0.39, 0.29) is 24.1 Å². The minimum absolute atomic E-state index is 0.0729. The second-order valence-corrected chi connectivity index (χ2v) is 7.27. The van der Waals surface area contributed by atoms with Gasteiger partial charge in [0.05, 0.1) is 18.4 Å². The number of carbonyl (C=O) groups is 4. The Morgan fingerprint density at radius 2 is 2.10 bits per heavy atom. The van der Waals surface area contributed by atoms with Crippen LogP contribution in [0.5, 0.6) is 0 Å². The van der Waals surface area contributed by atoms with Crippen molar-refractivity contribution in [1.82, 2.24) is 30.1 Å². The maximum Gasteiger partial charge on any atom is 0.255 e. The number of rotatable bonds is 4. The number of hydrogen-bond acceptors (Lipinski definition) is 6. The van der Waals surface area contributed by atoms with E-state index in [1.165, 1.54) is 16.7 Å². The summed E-state index contributed by atoms with van der Waals surface area (Å²) in [6, 6.07) is 4.73. The van der Waals surface area contributed by atoms with Gasteiger partial charge in [0, 0.05) is 32.5 Å². The largest absolute Gasteiger partial charge is 0.340 e. The zero-order valence-electron chi connectivity index (χ0n) is 16.1. The number of piperidine rings is 1. The topological polar surface area (TPSA) is 118 Å². The highest BCUT2D eigenvalue weighted by molar-refractivity contribution is 6.05. The molecule has 3 heterocycles. The molecule has 1 aromatic heterocycles. The van der Waals surface area contributed by atoms with Crippen LogP contribution in [0.3, 0.4) is 0 Å². The van der Waals surface area contributed by atoms with Crippen LogP contribution in [0.1, 0.15) is 41.4 Å². The monoisotopic (exact) mass is 396 g/mol. The summed E-state index contributed by atoms with van der Waals surface area (Å²) < 4.78 is 1.55. The summed E-state index contributed by atoms with van der Waals surface area (Å²) in [6.07, 6.45) is 2.25. The summed E-state index contributed by atoms with van der Waals surface area (Å²) >= 11 is 0. The lowest BCUT2D eigenvalue weighted by atomic mass is 10.0. The molecular weight excluding hydrogens is 376 g/mol. The van der Waals surface area contributed by atoms with Crippen LogP contribution < -0.4 is 5.32 Å². The van der Waals surface area contributed by atoms with Gasteiger partial charge >= 0.3 is 0 Å². The molecule has 1 aromatic carbocycles. The lowest BCUT2D eigenvalue weighted by molar-refractivity contribution is -0.137. The Balaban J connectivity index is 1.54. The zero-order chi connectivity index (χ0) is 20.7. The molecule has 10 nitrogen and oxygen atoms in total. The summed E-state index contributed by atoms with van der Waals surface area (Å²) in [5, 5.41) is 10.4. The Kier molecular flexibility index (Phi) is 4.61. The molecule has 2 aliphatic rings. The van der Waals surface area contributed by atoms with Crippen molar-refractivity contribution < 1.29 is 19.2 Å². The van der Waals surface area contributed by atoms with E-state index < -0.39 is 11.9 Å². The van der Waals surface area contributed by atoms with Gasteiger partial charge in [-0.1, -0.05) is 11.3 Å². The van der Waals surface area contributed by atoms with Crippen molar-refractivity contribution in [2.75, 3.05) is 7.05 Å². The van der Waals surface area contributed by atoms with Gasteiger partial charge in [0.15, 0.2) is 0 Å². The van der Waals surface area contributed by atoms with Crippen LogP contribution in [0.4, 0.5) is 0 Å². The van der Waals surface area contributed by atoms with E-state index in [0.29, 0.717) is 36.5 Å². The molecule has 2 aromatic rings. The van der Waals surface area contributed by atoms with Crippen molar-refractivity contribution in [2.24, 2.45) is 0 Å². The number of hydrogen-bond donors (Lipinski definition) is 1. The van der Waals surface area contributed by atoms with Gasteiger partial charge in [-0.2, -0.15) is 0 Å². The van der Waals surface area contributed by atoms with Crippen LogP contribution in [-0.2, 0) is 27.5 Å². The van der Waals surface area contributed by atoms with Crippen LogP contribution in [-0.4, -0.2) is 61.5 Å². The normalized spacial score (nSPS) is 18.6. The highest BCUT2D eigenvalue weighted by atomic mass is 16.2. The molecule has 1 saturated heterocycles. The van der Waals surface area contributed by atoms with E-state index in [4.69, 9.17) is 0 Å². The molecule has 29 heavy (non-hydrogen) atoms. The molecule has 0 bridgehead atoms. The lowest BCUT2D eigenvalue weighted by Gasteiger charge is -2.29. The van der Waals surface area contributed by atoms with Gasteiger partial charge in [-0.15, -0.1) is 5.10 Å². The molecule has 1 atom stereocenters. The number of nitrogens with one attached hydrogen (secondary N) is 1.